The summed E-state index contributed by atoms with van der Waals surface area (Å²) >= 11 is 0. The molecule has 0 unspecified atom stereocenters. The lowest BCUT2D eigenvalue weighted by Gasteiger charge is -2.29. The lowest BCUT2D eigenvalue weighted by molar-refractivity contribution is -0.118. The fourth-order valence-corrected chi connectivity index (χ4v) is 2.62. The van der Waals surface area contributed by atoms with Gasteiger partial charge in [0.1, 0.15) is 12.4 Å². The number of benzene rings is 2. The quantitative estimate of drug-likeness (QED) is 0.938. The van der Waals surface area contributed by atoms with Crippen LogP contribution in [0.3, 0.4) is 0 Å². The molecule has 0 atom stereocenters. The number of ether oxygens (including phenoxy) is 1. The molecule has 1 aliphatic heterocycles. The lowest BCUT2D eigenvalue weighted by atomic mass is 10.0. The maximum atomic E-state index is 12.6. The average Bonchev–Trinajstić information content (AvgIpc) is 2.54. The third-order valence-corrected chi connectivity index (χ3v) is 3.71. The number of para-hydroxylation sites is 2. The van der Waals surface area contributed by atoms with E-state index in [1.54, 1.807) is 4.90 Å². The van der Waals surface area contributed by atoms with Crippen LogP contribution in [-0.2, 0) is 17.8 Å². The second kappa shape index (κ2) is 5.97. The molecule has 1 amide bonds. The van der Waals surface area contributed by atoms with E-state index in [4.69, 9.17) is 10.5 Å². The van der Waals surface area contributed by atoms with Crippen molar-refractivity contribution in [1.29, 1.82) is 0 Å². The van der Waals surface area contributed by atoms with Crippen molar-refractivity contribution in [3.8, 4) is 5.75 Å². The number of fused-ring (bicyclic) bond motifs is 1. The van der Waals surface area contributed by atoms with Gasteiger partial charge in [-0.15, -0.1) is 0 Å². The molecule has 0 radical (unpaired) electrons. The van der Waals surface area contributed by atoms with E-state index >= 15 is 0 Å². The first kappa shape index (κ1) is 13.6. The number of rotatable bonds is 3. The summed E-state index contributed by atoms with van der Waals surface area (Å²) in [7, 11) is 0. The smallest absolute Gasteiger partial charge is 0.231 e. The average molecular weight is 282 g/mol. The van der Waals surface area contributed by atoms with Gasteiger partial charge in [0.05, 0.1) is 18.7 Å². The second-order valence-electron chi connectivity index (χ2n) is 5.01. The third-order valence-electron chi connectivity index (χ3n) is 3.71. The van der Waals surface area contributed by atoms with E-state index < -0.39 is 0 Å². The number of carbonyl (C=O) groups excluding carboxylic acids is 1. The minimum atomic E-state index is 0.0756. The van der Waals surface area contributed by atoms with Crippen molar-refractivity contribution in [2.75, 3.05) is 18.1 Å². The lowest BCUT2D eigenvalue weighted by Crippen LogP contribution is -2.39. The highest BCUT2D eigenvalue weighted by atomic mass is 16.5. The van der Waals surface area contributed by atoms with Gasteiger partial charge in [0.2, 0.25) is 5.91 Å². The summed E-state index contributed by atoms with van der Waals surface area (Å²) in [6.45, 7) is 1.56. The zero-order valence-electron chi connectivity index (χ0n) is 11.8. The van der Waals surface area contributed by atoms with Crippen LogP contribution in [0.25, 0.3) is 0 Å². The Morgan fingerprint density at radius 3 is 2.62 bits per heavy atom. The van der Waals surface area contributed by atoms with Crippen LogP contribution >= 0.6 is 0 Å². The summed E-state index contributed by atoms with van der Waals surface area (Å²) in [4.78, 5) is 14.4. The number of nitrogens with zero attached hydrogens (tertiary/aromatic N) is 1. The molecule has 0 aliphatic carbocycles. The molecule has 21 heavy (non-hydrogen) atoms. The number of hydrogen-bond donors (Lipinski definition) is 1. The molecule has 0 aromatic heterocycles. The van der Waals surface area contributed by atoms with Crippen LogP contribution in [0, 0.1) is 0 Å². The van der Waals surface area contributed by atoms with Crippen molar-refractivity contribution in [3.05, 3.63) is 59.7 Å². The van der Waals surface area contributed by atoms with Crippen LogP contribution in [-0.4, -0.2) is 19.1 Å². The largest absolute Gasteiger partial charge is 0.490 e. The highest BCUT2D eigenvalue weighted by molar-refractivity contribution is 5.96. The molecule has 0 bridgehead atoms. The van der Waals surface area contributed by atoms with E-state index in [1.807, 2.05) is 48.5 Å². The van der Waals surface area contributed by atoms with Gasteiger partial charge in [-0.05, 0) is 23.3 Å². The first-order chi connectivity index (χ1) is 10.3. The first-order valence-electron chi connectivity index (χ1n) is 7.08. The van der Waals surface area contributed by atoms with Gasteiger partial charge in [0.25, 0.3) is 0 Å². The van der Waals surface area contributed by atoms with Crippen LogP contribution < -0.4 is 15.4 Å². The molecule has 0 saturated heterocycles. The highest BCUT2D eigenvalue weighted by Crippen LogP contribution is 2.31. The maximum absolute atomic E-state index is 12.6. The van der Waals surface area contributed by atoms with Gasteiger partial charge >= 0.3 is 0 Å². The van der Waals surface area contributed by atoms with Gasteiger partial charge in [0.15, 0.2) is 0 Å². The summed E-state index contributed by atoms with van der Waals surface area (Å²) in [5.41, 5.74) is 8.60. The van der Waals surface area contributed by atoms with E-state index in [2.05, 4.69) is 0 Å². The van der Waals surface area contributed by atoms with Crippen LogP contribution in [0.2, 0.25) is 0 Å². The fraction of sp³-hybridized carbons (Fsp3) is 0.235. The molecule has 4 heteroatoms. The summed E-state index contributed by atoms with van der Waals surface area (Å²) in [6.07, 6.45) is 0.363. The van der Waals surface area contributed by atoms with Crippen LogP contribution in [0.5, 0.6) is 5.75 Å². The van der Waals surface area contributed by atoms with Gasteiger partial charge < -0.3 is 15.4 Å². The molecule has 2 aromatic carbocycles. The number of anilines is 1. The molecule has 0 saturated carbocycles. The molecular weight excluding hydrogens is 264 g/mol. The predicted octanol–water partition coefficient (Wildman–Crippen LogP) is 2.11. The molecule has 2 aromatic rings. The van der Waals surface area contributed by atoms with Gasteiger partial charge in [-0.2, -0.15) is 0 Å². The molecule has 1 heterocycles. The normalized spacial score (nSPS) is 13.5. The highest BCUT2D eigenvalue weighted by Gasteiger charge is 2.23. The Morgan fingerprint density at radius 2 is 1.81 bits per heavy atom. The van der Waals surface area contributed by atoms with Gasteiger partial charge in [-0.1, -0.05) is 36.4 Å². The standard InChI is InChI=1S/C17H18N2O2/c18-12-14-6-2-1-5-13(14)11-17(20)19-9-10-21-16-8-4-3-7-15(16)19/h1-8H,9-12,18H2. The van der Waals surface area contributed by atoms with Gasteiger partial charge in [-0.25, -0.2) is 0 Å². The summed E-state index contributed by atoms with van der Waals surface area (Å²) < 4.78 is 5.59. The topological polar surface area (TPSA) is 55.6 Å². The SMILES string of the molecule is NCc1ccccc1CC(=O)N1CCOc2ccccc21. The molecular formula is C17H18N2O2. The molecule has 1 aliphatic rings. The maximum Gasteiger partial charge on any atom is 0.231 e. The number of hydrogen-bond acceptors (Lipinski definition) is 3. The van der Waals surface area contributed by atoms with Crippen molar-refractivity contribution in [3.63, 3.8) is 0 Å². The van der Waals surface area contributed by atoms with Crippen molar-refractivity contribution < 1.29 is 9.53 Å². The van der Waals surface area contributed by atoms with E-state index in [9.17, 15) is 4.79 Å². The van der Waals surface area contributed by atoms with E-state index in [-0.39, 0.29) is 5.91 Å². The Balaban J connectivity index is 1.84. The van der Waals surface area contributed by atoms with Crippen LogP contribution in [0.1, 0.15) is 11.1 Å². The molecule has 3 rings (SSSR count). The fourth-order valence-electron chi connectivity index (χ4n) is 2.62. The first-order valence-corrected chi connectivity index (χ1v) is 7.08. The van der Waals surface area contributed by atoms with E-state index in [1.165, 1.54) is 0 Å². The van der Waals surface area contributed by atoms with Crippen molar-refractivity contribution in [1.82, 2.24) is 0 Å². The number of carbonyl (C=O) groups is 1. The number of nitrogens with two attached hydrogens (primary N) is 1. The van der Waals surface area contributed by atoms with Crippen molar-refractivity contribution in [2.24, 2.45) is 5.73 Å². The summed E-state index contributed by atoms with van der Waals surface area (Å²) in [5.74, 6) is 0.843. The summed E-state index contributed by atoms with van der Waals surface area (Å²) in [5, 5.41) is 0. The Labute approximate surface area is 124 Å². The minimum absolute atomic E-state index is 0.0756. The Morgan fingerprint density at radius 1 is 1.10 bits per heavy atom. The van der Waals surface area contributed by atoms with Crippen molar-refractivity contribution >= 4 is 11.6 Å². The number of amides is 1. The summed E-state index contributed by atoms with van der Waals surface area (Å²) in [6, 6.07) is 15.5. The van der Waals surface area contributed by atoms with E-state index in [0.29, 0.717) is 26.1 Å². The molecule has 0 spiro atoms. The van der Waals surface area contributed by atoms with Crippen LogP contribution in [0.4, 0.5) is 5.69 Å². The zero-order valence-corrected chi connectivity index (χ0v) is 11.8. The predicted molar refractivity (Wildman–Crippen MR) is 82.3 cm³/mol. The van der Waals surface area contributed by atoms with Crippen LogP contribution in [0.15, 0.2) is 48.5 Å². The van der Waals surface area contributed by atoms with Gasteiger partial charge in [0, 0.05) is 6.54 Å². The Bertz CT molecular complexity index is 655. The Kier molecular flexibility index (Phi) is 3.88. The molecule has 108 valence electrons. The van der Waals surface area contributed by atoms with Crippen molar-refractivity contribution in [2.45, 2.75) is 13.0 Å². The monoisotopic (exact) mass is 282 g/mol. The Hall–Kier alpha value is -2.33. The van der Waals surface area contributed by atoms with E-state index in [0.717, 1.165) is 22.6 Å². The molecule has 2 N–H and O–H groups in total. The van der Waals surface area contributed by atoms with Gasteiger partial charge in [-0.3, -0.25) is 4.79 Å². The molecule has 0 fully saturated rings. The zero-order chi connectivity index (χ0) is 14.7. The molecule has 4 nitrogen and oxygen atoms in total. The second-order valence-corrected chi connectivity index (χ2v) is 5.01. The minimum Gasteiger partial charge on any atom is -0.490 e. The third kappa shape index (κ3) is 2.76.